The van der Waals surface area contributed by atoms with Crippen molar-refractivity contribution in [2.75, 3.05) is 25.6 Å². The maximum Gasteiger partial charge on any atom is 0.145 e. The average Bonchev–Trinajstić information content (AvgIpc) is 2.25. The minimum absolute atomic E-state index is 0.0607. The Hall–Kier alpha value is 0.0300. The molecule has 0 aromatic heterocycles. The molecule has 0 saturated carbocycles. The summed E-state index contributed by atoms with van der Waals surface area (Å²) in [7, 11) is 0. The molecule has 0 unspecified atom stereocenters. The van der Waals surface area contributed by atoms with Gasteiger partial charge in [0, 0.05) is 11.8 Å². The quantitative estimate of drug-likeness (QED) is 0.489. The third-order valence-corrected chi connectivity index (χ3v) is 2.79. The molecule has 90 valence electrons. The van der Waals surface area contributed by atoms with Crippen LogP contribution in [0.15, 0.2) is 16.6 Å². The fourth-order valence-corrected chi connectivity index (χ4v) is 1.87. The van der Waals surface area contributed by atoms with Crippen molar-refractivity contribution in [3.63, 3.8) is 0 Å². The van der Waals surface area contributed by atoms with Crippen molar-refractivity contribution in [1.82, 2.24) is 0 Å². The minimum Gasteiger partial charge on any atom is -0.490 e. The Kier molecular flexibility index (Phi) is 6.49. The summed E-state index contributed by atoms with van der Waals surface area (Å²) in [5.74, 6) is 0.576. The molecule has 0 saturated heterocycles. The smallest absolute Gasteiger partial charge is 0.145 e. The van der Waals surface area contributed by atoms with E-state index in [1.165, 1.54) is 12.1 Å². The Morgan fingerprint density at radius 1 is 1.31 bits per heavy atom. The molecule has 0 aliphatic heterocycles. The largest absolute Gasteiger partial charge is 0.490 e. The van der Waals surface area contributed by atoms with Crippen molar-refractivity contribution in [3.8, 4) is 5.75 Å². The highest BCUT2D eigenvalue weighted by molar-refractivity contribution is 9.10. The predicted molar refractivity (Wildman–Crippen MR) is 69.3 cm³/mol. The van der Waals surface area contributed by atoms with Crippen molar-refractivity contribution >= 4 is 40.2 Å². The Morgan fingerprint density at radius 3 is 2.75 bits per heavy atom. The number of rotatable bonds is 6. The number of benzene rings is 1. The van der Waals surface area contributed by atoms with Crippen LogP contribution < -0.4 is 4.74 Å². The van der Waals surface area contributed by atoms with Crippen LogP contribution in [-0.2, 0) is 4.74 Å². The molecule has 0 amide bonds. The van der Waals surface area contributed by atoms with Crippen molar-refractivity contribution in [2.45, 2.75) is 0 Å². The van der Waals surface area contributed by atoms with Gasteiger partial charge in [0.25, 0.3) is 0 Å². The maximum atomic E-state index is 13.1. The molecule has 0 aliphatic rings. The highest BCUT2D eigenvalue weighted by Gasteiger charge is 2.07. The van der Waals surface area contributed by atoms with E-state index < -0.39 is 5.82 Å². The van der Waals surface area contributed by atoms with E-state index in [1.54, 1.807) is 0 Å². The Labute approximate surface area is 113 Å². The lowest BCUT2D eigenvalue weighted by molar-refractivity contribution is 0.112. The Bertz CT molecular complexity index is 352. The van der Waals surface area contributed by atoms with Gasteiger partial charge in [-0.25, -0.2) is 4.39 Å². The van der Waals surface area contributed by atoms with Crippen LogP contribution in [0.3, 0.4) is 0 Å². The summed E-state index contributed by atoms with van der Waals surface area (Å²) in [6.07, 6.45) is 0. The molecule has 0 fully saturated rings. The minimum atomic E-state index is -0.504. The van der Waals surface area contributed by atoms with Gasteiger partial charge in [0.15, 0.2) is 0 Å². The lowest BCUT2D eigenvalue weighted by Gasteiger charge is -2.09. The summed E-state index contributed by atoms with van der Waals surface area (Å²) in [5, 5.41) is 0.0607. The molecule has 2 nitrogen and oxygen atoms in total. The van der Waals surface area contributed by atoms with Crippen molar-refractivity contribution in [1.29, 1.82) is 0 Å². The van der Waals surface area contributed by atoms with Gasteiger partial charge in [-0.1, -0.05) is 11.6 Å². The molecule has 1 aromatic rings. The summed E-state index contributed by atoms with van der Waals surface area (Å²) in [6, 6.07) is 2.70. The van der Waals surface area contributed by atoms with Crippen LogP contribution in [0.4, 0.5) is 4.39 Å². The zero-order valence-electron chi connectivity index (χ0n) is 8.38. The molecule has 6 heteroatoms. The first kappa shape index (κ1) is 14.1. The third-order valence-electron chi connectivity index (χ3n) is 1.70. The average molecular weight is 330 g/mol. The van der Waals surface area contributed by atoms with E-state index in [1.807, 2.05) is 0 Å². The monoisotopic (exact) mass is 328 g/mol. The molecule has 0 heterocycles. The van der Waals surface area contributed by atoms with Crippen molar-refractivity contribution < 1.29 is 13.9 Å². The summed E-state index contributed by atoms with van der Waals surface area (Å²) in [4.78, 5) is 0. The van der Waals surface area contributed by atoms with Crippen LogP contribution in [0.1, 0.15) is 0 Å². The SMILES string of the molecule is Fc1cc(OCCOCCS)c(Br)cc1Cl. The number of ether oxygens (including phenoxy) is 2. The first-order chi connectivity index (χ1) is 7.65. The van der Waals surface area contributed by atoms with Crippen LogP contribution in [-0.4, -0.2) is 25.6 Å². The molecule has 0 bridgehead atoms. The lowest BCUT2D eigenvalue weighted by Crippen LogP contribution is -2.08. The molecular formula is C10H11BrClFO2S. The van der Waals surface area contributed by atoms with E-state index >= 15 is 0 Å². The van der Waals surface area contributed by atoms with E-state index in [2.05, 4.69) is 28.6 Å². The highest BCUT2D eigenvalue weighted by Crippen LogP contribution is 2.30. The third kappa shape index (κ3) is 4.49. The van der Waals surface area contributed by atoms with E-state index in [4.69, 9.17) is 21.1 Å². The standard InChI is InChI=1S/C10H11BrClFO2S/c11-7-5-8(12)9(13)6-10(7)15-2-1-14-3-4-16/h5-6,16H,1-4H2. The maximum absolute atomic E-state index is 13.1. The lowest BCUT2D eigenvalue weighted by atomic mass is 10.3. The molecule has 0 N–H and O–H groups in total. The van der Waals surface area contributed by atoms with Gasteiger partial charge < -0.3 is 9.47 Å². The van der Waals surface area contributed by atoms with Gasteiger partial charge in [-0.2, -0.15) is 12.6 Å². The van der Waals surface area contributed by atoms with Crippen LogP contribution >= 0.6 is 40.2 Å². The second-order valence-electron chi connectivity index (χ2n) is 2.88. The zero-order chi connectivity index (χ0) is 12.0. The van der Waals surface area contributed by atoms with E-state index in [0.29, 0.717) is 35.8 Å². The van der Waals surface area contributed by atoms with Crippen LogP contribution in [0.2, 0.25) is 5.02 Å². The second-order valence-corrected chi connectivity index (χ2v) is 4.59. The summed E-state index contributed by atoms with van der Waals surface area (Å²) >= 11 is 12.8. The number of thiol groups is 1. The highest BCUT2D eigenvalue weighted by atomic mass is 79.9. The van der Waals surface area contributed by atoms with Gasteiger partial charge >= 0.3 is 0 Å². The van der Waals surface area contributed by atoms with Crippen molar-refractivity contribution in [2.24, 2.45) is 0 Å². The predicted octanol–water partition coefficient (Wildman–Crippen LogP) is 3.57. The normalized spacial score (nSPS) is 10.5. The van der Waals surface area contributed by atoms with E-state index in [0.717, 1.165) is 0 Å². The van der Waals surface area contributed by atoms with Crippen molar-refractivity contribution in [3.05, 3.63) is 27.4 Å². The molecule has 0 radical (unpaired) electrons. The molecule has 1 rings (SSSR count). The second kappa shape index (κ2) is 7.37. The molecule has 0 spiro atoms. The van der Waals surface area contributed by atoms with E-state index in [-0.39, 0.29) is 5.02 Å². The molecular weight excluding hydrogens is 319 g/mol. The van der Waals surface area contributed by atoms with E-state index in [9.17, 15) is 4.39 Å². The molecule has 0 atom stereocenters. The molecule has 0 aliphatic carbocycles. The number of hydrogen-bond donors (Lipinski definition) is 1. The van der Waals surface area contributed by atoms with Gasteiger partial charge in [-0.15, -0.1) is 0 Å². The summed E-state index contributed by atoms with van der Waals surface area (Å²) in [6.45, 7) is 1.37. The number of hydrogen-bond acceptors (Lipinski definition) is 3. The van der Waals surface area contributed by atoms with Crippen LogP contribution in [0.5, 0.6) is 5.75 Å². The van der Waals surface area contributed by atoms with Gasteiger partial charge in [0.2, 0.25) is 0 Å². The first-order valence-corrected chi connectivity index (χ1v) is 6.41. The van der Waals surface area contributed by atoms with Gasteiger partial charge in [0.05, 0.1) is 22.7 Å². The summed E-state index contributed by atoms with van der Waals surface area (Å²) < 4.78 is 24.2. The first-order valence-electron chi connectivity index (χ1n) is 4.61. The van der Waals surface area contributed by atoms with Gasteiger partial charge in [0.1, 0.15) is 18.2 Å². The Balaban J connectivity index is 2.45. The fraction of sp³-hybridized carbons (Fsp3) is 0.400. The van der Waals surface area contributed by atoms with Crippen LogP contribution in [0, 0.1) is 5.82 Å². The zero-order valence-corrected chi connectivity index (χ0v) is 11.6. The Morgan fingerprint density at radius 2 is 2.06 bits per heavy atom. The fourth-order valence-electron chi connectivity index (χ4n) is 0.992. The number of halogens is 3. The van der Waals surface area contributed by atoms with Gasteiger partial charge in [-0.3, -0.25) is 0 Å². The molecule has 1 aromatic carbocycles. The summed E-state index contributed by atoms with van der Waals surface area (Å²) in [5.41, 5.74) is 0. The topological polar surface area (TPSA) is 18.5 Å². The molecule has 16 heavy (non-hydrogen) atoms. The van der Waals surface area contributed by atoms with Gasteiger partial charge in [-0.05, 0) is 22.0 Å². The van der Waals surface area contributed by atoms with Crippen LogP contribution in [0.25, 0.3) is 0 Å².